The van der Waals surface area contributed by atoms with Gasteiger partial charge in [-0.1, -0.05) is 0 Å². The quantitative estimate of drug-likeness (QED) is 0.910. The van der Waals surface area contributed by atoms with E-state index in [9.17, 15) is 9.59 Å². The first-order chi connectivity index (χ1) is 11.2. The molecule has 0 saturated carbocycles. The van der Waals surface area contributed by atoms with E-state index in [1.54, 1.807) is 7.11 Å². The Morgan fingerprint density at radius 1 is 1.13 bits per heavy atom. The average molecular weight is 318 g/mol. The number of hydrogen-bond donors (Lipinski definition) is 1. The highest BCUT2D eigenvalue weighted by molar-refractivity contribution is 5.90. The van der Waals surface area contributed by atoms with Crippen molar-refractivity contribution in [3.8, 4) is 11.5 Å². The molecule has 124 valence electrons. The third kappa shape index (κ3) is 3.75. The molecule has 1 aromatic carbocycles. The molecule has 1 aromatic rings. The van der Waals surface area contributed by atoms with E-state index < -0.39 is 0 Å². The summed E-state index contributed by atoms with van der Waals surface area (Å²) in [5, 5.41) is 2.74. The Morgan fingerprint density at radius 3 is 2.35 bits per heavy atom. The highest BCUT2D eigenvalue weighted by Gasteiger charge is 2.32. The Balaban J connectivity index is 1.48. The molecule has 1 N–H and O–H groups in total. The smallest absolute Gasteiger partial charge is 0.245 e. The van der Waals surface area contributed by atoms with Gasteiger partial charge >= 0.3 is 0 Å². The van der Waals surface area contributed by atoms with Gasteiger partial charge < -0.3 is 19.7 Å². The molecule has 2 aliphatic rings. The van der Waals surface area contributed by atoms with E-state index in [0.717, 1.165) is 24.3 Å². The van der Waals surface area contributed by atoms with Crippen LogP contribution in [0.4, 0.5) is 0 Å². The van der Waals surface area contributed by atoms with Crippen molar-refractivity contribution in [2.45, 2.75) is 37.8 Å². The van der Waals surface area contributed by atoms with E-state index >= 15 is 0 Å². The predicted molar refractivity (Wildman–Crippen MR) is 84.4 cm³/mol. The van der Waals surface area contributed by atoms with Gasteiger partial charge in [0.15, 0.2) is 0 Å². The molecule has 6 nitrogen and oxygen atoms in total. The number of nitrogens with one attached hydrogen (secondary N) is 1. The molecular weight excluding hydrogens is 296 g/mol. The van der Waals surface area contributed by atoms with Crippen molar-refractivity contribution in [1.82, 2.24) is 10.2 Å². The molecule has 0 aliphatic carbocycles. The van der Waals surface area contributed by atoms with Crippen molar-refractivity contribution >= 4 is 11.8 Å². The zero-order valence-electron chi connectivity index (χ0n) is 13.3. The van der Waals surface area contributed by atoms with Gasteiger partial charge in [-0.3, -0.25) is 9.59 Å². The number of carbonyl (C=O) groups excluding carboxylic acids is 2. The third-order valence-corrected chi connectivity index (χ3v) is 4.41. The number of carbonyl (C=O) groups is 2. The highest BCUT2D eigenvalue weighted by atomic mass is 16.5. The Kier molecular flexibility index (Phi) is 4.69. The van der Waals surface area contributed by atoms with Gasteiger partial charge in [-0.05, 0) is 30.7 Å². The van der Waals surface area contributed by atoms with Crippen molar-refractivity contribution in [2.75, 3.05) is 20.2 Å². The number of methoxy groups -OCH3 is 1. The minimum atomic E-state index is -0.332. The third-order valence-electron chi connectivity index (χ3n) is 4.41. The summed E-state index contributed by atoms with van der Waals surface area (Å²) in [5.41, 5.74) is 0. The van der Waals surface area contributed by atoms with Gasteiger partial charge in [-0.2, -0.15) is 0 Å². The van der Waals surface area contributed by atoms with Gasteiger partial charge in [-0.25, -0.2) is 0 Å². The summed E-state index contributed by atoms with van der Waals surface area (Å²) in [6.07, 6.45) is 2.79. The lowest BCUT2D eigenvalue weighted by Gasteiger charge is -2.33. The molecule has 1 unspecified atom stereocenters. The summed E-state index contributed by atoms with van der Waals surface area (Å²) in [5.74, 6) is 1.63. The van der Waals surface area contributed by atoms with Gasteiger partial charge in [-0.15, -0.1) is 0 Å². The van der Waals surface area contributed by atoms with Crippen molar-refractivity contribution in [1.29, 1.82) is 0 Å². The fraction of sp³-hybridized carbons (Fsp3) is 0.529. The highest BCUT2D eigenvalue weighted by Crippen LogP contribution is 2.22. The fourth-order valence-corrected chi connectivity index (χ4v) is 3.06. The number of amides is 2. The van der Waals surface area contributed by atoms with Crippen LogP contribution in [-0.4, -0.2) is 49.1 Å². The fourth-order valence-electron chi connectivity index (χ4n) is 3.06. The minimum Gasteiger partial charge on any atom is -0.497 e. The molecule has 0 bridgehead atoms. The zero-order chi connectivity index (χ0) is 16.2. The van der Waals surface area contributed by atoms with Gasteiger partial charge in [0.2, 0.25) is 11.8 Å². The number of nitrogens with zero attached hydrogens (tertiary/aromatic N) is 1. The number of piperidine rings is 1. The largest absolute Gasteiger partial charge is 0.497 e. The van der Waals surface area contributed by atoms with E-state index in [-0.39, 0.29) is 24.0 Å². The normalized spacial score (nSPS) is 21.9. The van der Waals surface area contributed by atoms with E-state index in [2.05, 4.69) is 5.32 Å². The first-order valence-corrected chi connectivity index (χ1v) is 8.04. The van der Waals surface area contributed by atoms with Crippen LogP contribution in [0.2, 0.25) is 0 Å². The monoisotopic (exact) mass is 318 g/mol. The van der Waals surface area contributed by atoms with Crippen LogP contribution in [0.3, 0.4) is 0 Å². The molecule has 0 radical (unpaired) electrons. The molecular formula is C17H22N2O4. The SMILES string of the molecule is COc1ccc(OC2CCN(C(=O)C3CCC(=O)N3)CC2)cc1. The molecule has 23 heavy (non-hydrogen) atoms. The van der Waals surface area contributed by atoms with E-state index in [1.165, 1.54) is 0 Å². The van der Waals surface area contributed by atoms with Gasteiger partial charge in [0.25, 0.3) is 0 Å². The molecule has 2 fully saturated rings. The maximum absolute atomic E-state index is 12.3. The molecule has 6 heteroatoms. The standard InChI is InChI=1S/C17H22N2O4/c1-22-12-2-4-13(5-3-12)23-14-8-10-19(11-9-14)17(21)15-6-7-16(20)18-15/h2-5,14-15H,6-11H2,1H3,(H,18,20). The first kappa shape index (κ1) is 15.6. The second-order valence-electron chi connectivity index (χ2n) is 5.98. The number of ether oxygens (including phenoxy) is 2. The lowest BCUT2D eigenvalue weighted by molar-refractivity contribution is -0.136. The lowest BCUT2D eigenvalue weighted by Crippen LogP contribution is -2.49. The van der Waals surface area contributed by atoms with Crippen LogP contribution in [0.5, 0.6) is 11.5 Å². The Hall–Kier alpha value is -2.24. The minimum absolute atomic E-state index is 0.0268. The maximum atomic E-state index is 12.3. The van der Waals surface area contributed by atoms with Crippen molar-refractivity contribution in [3.05, 3.63) is 24.3 Å². The van der Waals surface area contributed by atoms with Gasteiger partial charge in [0.1, 0.15) is 23.6 Å². The number of benzene rings is 1. The Morgan fingerprint density at radius 2 is 1.78 bits per heavy atom. The number of likely N-dealkylation sites (tertiary alicyclic amines) is 1. The molecule has 2 amide bonds. The molecule has 3 rings (SSSR count). The molecule has 1 atom stereocenters. The van der Waals surface area contributed by atoms with Crippen LogP contribution in [0.1, 0.15) is 25.7 Å². The topological polar surface area (TPSA) is 67.9 Å². The van der Waals surface area contributed by atoms with Crippen LogP contribution in [0.15, 0.2) is 24.3 Å². The first-order valence-electron chi connectivity index (χ1n) is 8.04. The van der Waals surface area contributed by atoms with Crippen LogP contribution in [-0.2, 0) is 9.59 Å². The van der Waals surface area contributed by atoms with Gasteiger partial charge in [0.05, 0.1) is 7.11 Å². The summed E-state index contributed by atoms with van der Waals surface area (Å²) in [4.78, 5) is 25.4. The second kappa shape index (κ2) is 6.89. The second-order valence-corrected chi connectivity index (χ2v) is 5.98. The average Bonchev–Trinajstić information content (AvgIpc) is 3.02. The van der Waals surface area contributed by atoms with Crippen molar-refractivity contribution in [3.63, 3.8) is 0 Å². The maximum Gasteiger partial charge on any atom is 0.245 e. The summed E-state index contributed by atoms with van der Waals surface area (Å²) < 4.78 is 11.1. The summed E-state index contributed by atoms with van der Waals surface area (Å²) in [6.45, 7) is 1.35. The van der Waals surface area contributed by atoms with Crippen LogP contribution in [0.25, 0.3) is 0 Å². The molecule has 0 spiro atoms. The van der Waals surface area contributed by atoms with E-state index in [0.29, 0.717) is 25.9 Å². The molecule has 2 heterocycles. The molecule has 2 aliphatic heterocycles. The van der Waals surface area contributed by atoms with E-state index in [4.69, 9.17) is 9.47 Å². The Bertz CT molecular complexity index is 564. The van der Waals surface area contributed by atoms with E-state index in [1.807, 2.05) is 29.2 Å². The lowest BCUT2D eigenvalue weighted by atomic mass is 10.1. The number of hydrogen-bond acceptors (Lipinski definition) is 4. The number of rotatable bonds is 4. The molecule has 0 aromatic heterocycles. The van der Waals surface area contributed by atoms with Crippen LogP contribution in [0, 0.1) is 0 Å². The summed E-state index contributed by atoms with van der Waals surface area (Å²) in [6, 6.07) is 7.20. The predicted octanol–water partition coefficient (Wildman–Crippen LogP) is 1.34. The van der Waals surface area contributed by atoms with Gasteiger partial charge in [0, 0.05) is 32.4 Å². The van der Waals surface area contributed by atoms with Crippen molar-refractivity contribution < 1.29 is 19.1 Å². The molecule has 2 saturated heterocycles. The van der Waals surface area contributed by atoms with Crippen molar-refractivity contribution in [2.24, 2.45) is 0 Å². The zero-order valence-corrected chi connectivity index (χ0v) is 13.3. The summed E-state index contributed by atoms with van der Waals surface area (Å²) >= 11 is 0. The Labute approximate surface area is 135 Å². The van der Waals surface area contributed by atoms with Crippen LogP contribution < -0.4 is 14.8 Å². The summed E-state index contributed by atoms with van der Waals surface area (Å²) in [7, 11) is 1.63. The van der Waals surface area contributed by atoms with Crippen LogP contribution >= 0.6 is 0 Å².